The van der Waals surface area contributed by atoms with Crippen LogP contribution in [0.1, 0.15) is 37.7 Å². The second-order valence-electron chi connectivity index (χ2n) is 5.95. The molecule has 0 amide bonds. The molecule has 3 heteroatoms. The van der Waals surface area contributed by atoms with E-state index in [9.17, 15) is 0 Å². The van der Waals surface area contributed by atoms with Crippen LogP contribution in [0.5, 0.6) is 0 Å². The fourth-order valence-electron chi connectivity index (χ4n) is 1.85. The van der Waals surface area contributed by atoms with Crippen LogP contribution >= 0.6 is 0 Å². The maximum absolute atomic E-state index is 5.75. The van der Waals surface area contributed by atoms with E-state index < -0.39 is 0 Å². The molecule has 0 spiro atoms. The van der Waals surface area contributed by atoms with Crippen molar-refractivity contribution in [3.05, 3.63) is 59.5 Å². The summed E-state index contributed by atoms with van der Waals surface area (Å²) in [5.41, 5.74) is 2.37. The molecule has 2 aromatic rings. The Balaban J connectivity index is 1.83. The molecular formula is C17H23NO2. The van der Waals surface area contributed by atoms with E-state index in [0.717, 1.165) is 17.9 Å². The van der Waals surface area contributed by atoms with E-state index in [4.69, 9.17) is 9.15 Å². The maximum atomic E-state index is 5.75. The summed E-state index contributed by atoms with van der Waals surface area (Å²) in [6.07, 6.45) is 1.72. The number of hydrogen-bond acceptors (Lipinski definition) is 3. The van der Waals surface area contributed by atoms with Crippen molar-refractivity contribution in [3.63, 3.8) is 0 Å². The standard InChI is InChI=1S/C17H23NO2/c1-17(2,3)18-11-16-15(9-10-20-16)13-19-12-14-7-5-4-6-8-14/h4-10,18H,11-13H2,1-3H3. The Morgan fingerprint density at radius 1 is 1.05 bits per heavy atom. The highest BCUT2D eigenvalue weighted by Crippen LogP contribution is 2.14. The smallest absolute Gasteiger partial charge is 0.123 e. The van der Waals surface area contributed by atoms with Crippen molar-refractivity contribution in [2.45, 2.75) is 46.1 Å². The number of hydrogen-bond donors (Lipinski definition) is 1. The lowest BCUT2D eigenvalue weighted by Crippen LogP contribution is -2.35. The van der Waals surface area contributed by atoms with Gasteiger partial charge in [0.15, 0.2) is 0 Å². The van der Waals surface area contributed by atoms with Gasteiger partial charge in [-0.05, 0) is 32.4 Å². The van der Waals surface area contributed by atoms with Crippen LogP contribution in [0.4, 0.5) is 0 Å². The monoisotopic (exact) mass is 273 g/mol. The van der Waals surface area contributed by atoms with Gasteiger partial charge in [-0.15, -0.1) is 0 Å². The van der Waals surface area contributed by atoms with Crippen LogP contribution in [0.2, 0.25) is 0 Å². The first-order chi connectivity index (χ1) is 9.54. The third kappa shape index (κ3) is 4.83. The fourth-order valence-corrected chi connectivity index (χ4v) is 1.85. The molecule has 1 N–H and O–H groups in total. The fraction of sp³-hybridized carbons (Fsp3) is 0.412. The number of rotatable bonds is 6. The third-order valence-electron chi connectivity index (χ3n) is 2.99. The van der Waals surface area contributed by atoms with Gasteiger partial charge in [-0.25, -0.2) is 0 Å². The minimum Gasteiger partial charge on any atom is -0.468 e. The van der Waals surface area contributed by atoms with E-state index in [0.29, 0.717) is 13.2 Å². The zero-order valence-electron chi connectivity index (χ0n) is 12.5. The van der Waals surface area contributed by atoms with Crippen LogP contribution in [-0.4, -0.2) is 5.54 Å². The van der Waals surface area contributed by atoms with Gasteiger partial charge in [-0.3, -0.25) is 0 Å². The summed E-state index contributed by atoms with van der Waals surface area (Å²) >= 11 is 0. The Morgan fingerprint density at radius 2 is 1.80 bits per heavy atom. The number of ether oxygens (including phenoxy) is 1. The highest BCUT2D eigenvalue weighted by Gasteiger charge is 2.12. The van der Waals surface area contributed by atoms with Gasteiger partial charge >= 0.3 is 0 Å². The van der Waals surface area contributed by atoms with Crippen LogP contribution < -0.4 is 5.32 Å². The second kappa shape index (κ2) is 6.73. The first kappa shape index (κ1) is 14.8. The highest BCUT2D eigenvalue weighted by atomic mass is 16.5. The largest absolute Gasteiger partial charge is 0.468 e. The molecule has 0 saturated heterocycles. The Kier molecular flexibility index (Phi) is 4.99. The summed E-state index contributed by atoms with van der Waals surface area (Å²) in [5.74, 6) is 0.952. The lowest BCUT2D eigenvalue weighted by atomic mass is 10.1. The maximum Gasteiger partial charge on any atom is 0.123 e. The van der Waals surface area contributed by atoms with E-state index in [2.05, 4.69) is 38.2 Å². The summed E-state index contributed by atoms with van der Waals surface area (Å²) in [5, 5.41) is 3.42. The van der Waals surface area contributed by atoms with Crippen LogP contribution in [0.15, 0.2) is 47.1 Å². The lowest BCUT2D eigenvalue weighted by Gasteiger charge is -2.20. The molecule has 0 fully saturated rings. The topological polar surface area (TPSA) is 34.4 Å². The molecule has 0 radical (unpaired) electrons. The first-order valence-electron chi connectivity index (χ1n) is 6.96. The molecule has 20 heavy (non-hydrogen) atoms. The number of nitrogens with one attached hydrogen (secondary N) is 1. The molecule has 0 saturated carbocycles. The summed E-state index contributed by atoms with van der Waals surface area (Å²) in [7, 11) is 0. The quantitative estimate of drug-likeness (QED) is 0.867. The van der Waals surface area contributed by atoms with Crippen LogP contribution in [0.25, 0.3) is 0 Å². The Morgan fingerprint density at radius 3 is 2.50 bits per heavy atom. The van der Waals surface area contributed by atoms with Crippen LogP contribution in [-0.2, 0) is 24.5 Å². The summed E-state index contributed by atoms with van der Waals surface area (Å²) in [6, 6.07) is 12.2. The van der Waals surface area contributed by atoms with Crippen molar-refractivity contribution < 1.29 is 9.15 Å². The minimum absolute atomic E-state index is 0.0783. The van der Waals surface area contributed by atoms with Gasteiger partial charge in [-0.1, -0.05) is 30.3 Å². The molecule has 0 unspecified atom stereocenters. The van der Waals surface area contributed by atoms with Gasteiger partial charge in [0.05, 0.1) is 26.0 Å². The SMILES string of the molecule is CC(C)(C)NCc1occc1COCc1ccccc1. The second-order valence-corrected chi connectivity index (χ2v) is 5.95. The summed E-state index contributed by atoms with van der Waals surface area (Å²) in [4.78, 5) is 0. The molecular weight excluding hydrogens is 250 g/mol. The van der Waals surface area contributed by atoms with Crippen LogP contribution in [0, 0.1) is 0 Å². The Bertz CT molecular complexity index is 511. The van der Waals surface area contributed by atoms with Crippen LogP contribution in [0.3, 0.4) is 0 Å². The van der Waals surface area contributed by atoms with E-state index in [1.807, 2.05) is 24.3 Å². The van der Waals surface area contributed by atoms with Crippen molar-refractivity contribution in [3.8, 4) is 0 Å². The molecule has 0 aliphatic carbocycles. The molecule has 108 valence electrons. The molecule has 1 aromatic carbocycles. The van der Waals surface area contributed by atoms with Gasteiger partial charge in [0.2, 0.25) is 0 Å². The summed E-state index contributed by atoms with van der Waals surface area (Å²) in [6.45, 7) is 8.34. The minimum atomic E-state index is 0.0783. The van der Waals surface area contributed by atoms with Gasteiger partial charge in [0, 0.05) is 11.1 Å². The normalized spacial score (nSPS) is 11.8. The van der Waals surface area contributed by atoms with Crippen molar-refractivity contribution in [1.29, 1.82) is 0 Å². The van der Waals surface area contributed by atoms with Gasteiger partial charge < -0.3 is 14.5 Å². The molecule has 0 bridgehead atoms. The molecule has 1 aromatic heterocycles. The van der Waals surface area contributed by atoms with E-state index in [1.54, 1.807) is 6.26 Å². The predicted molar refractivity (Wildman–Crippen MR) is 80.2 cm³/mol. The van der Waals surface area contributed by atoms with Crippen molar-refractivity contribution >= 4 is 0 Å². The van der Waals surface area contributed by atoms with E-state index in [1.165, 1.54) is 5.56 Å². The highest BCUT2D eigenvalue weighted by molar-refractivity contribution is 5.17. The summed E-state index contributed by atoms with van der Waals surface area (Å²) < 4.78 is 11.3. The third-order valence-corrected chi connectivity index (χ3v) is 2.99. The number of benzene rings is 1. The molecule has 0 aliphatic rings. The van der Waals surface area contributed by atoms with Gasteiger partial charge in [0.1, 0.15) is 5.76 Å². The lowest BCUT2D eigenvalue weighted by molar-refractivity contribution is 0.105. The van der Waals surface area contributed by atoms with Crippen molar-refractivity contribution in [1.82, 2.24) is 5.32 Å². The van der Waals surface area contributed by atoms with E-state index >= 15 is 0 Å². The molecule has 1 heterocycles. The predicted octanol–water partition coefficient (Wildman–Crippen LogP) is 3.88. The van der Waals surface area contributed by atoms with E-state index in [-0.39, 0.29) is 5.54 Å². The molecule has 0 aliphatic heterocycles. The van der Waals surface area contributed by atoms with Gasteiger partial charge in [0.25, 0.3) is 0 Å². The average molecular weight is 273 g/mol. The molecule has 3 nitrogen and oxygen atoms in total. The zero-order valence-corrected chi connectivity index (χ0v) is 12.5. The molecule has 0 atom stereocenters. The molecule has 2 rings (SSSR count). The average Bonchev–Trinajstić information content (AvgIpc) is 2.84. The Hall–Kier alpha value is -1.58. The Labute approximate surface area is 121 Å². The number of furan rings is 1. The zero-order chi connectivity index (χ0) is 14.4. The van der Waals surface area contributed by atoms with Crippen molar-refractivity contribution in [2.24, 2.45) is 0 Å². The van der Waals surface area contributed by atoms with Gasteiger partial charge in [-0.2, -0.15) is 0 Å². The first-order valence-corrected chi connectivity index (χ1v) is 6.96. The van der Waals surface area contributed by atoms with Crippen molar-refractivity contribution in [2.75, 3.05) is 0 Å².